The van der Waals surface area contributed by atoms with Crippen LogP contribution in [0.15, 0.2) is 51.7 Å². The number of rotatable bonds is 1. The lowest BCUT2D eigenvalue weighted by Gasteiger charge is -2.11. The summed E-state index contributed by atoms with van der Waals surface area (Å²) >= 11 is 3.53. The van der Waals surface area contributed by atoms with Crippen molar-refractivity contribution in [3.63, 3.8) is 0 Å². The van der Waals surface area contributed by atoms with Crippen LogP contribution in [0.5, 0.6) is 0 Å². The van der Waals surface area contributed by atoms with Gasteiger partial charge in [-0.05, 0) is 47.0 Å². The van der Waals surface area contributed by atoms with Crippen molar-refractivity contribution < 1.29 is 0 Å². The zero-order valence-corrected chi connectivity index (χ0v) is 12.9. The van der Waals surface area contributed by atoms with Gasteiger partial charge in [0.05, 0.1) is 11.2 Å². The summed E-state index contributed by atoms with van der Waals surface area (Å²) in [6.07, 6.45) is 0. The Balaban J connectivity index is 2.46. The van der Waals surface area contributed by atoms with Gasteiger partial charge < -0.3 is 4.98 Å². The van der Waals surface area contributed by atoms with Crippen LogP contribution >= 0.6 is 15.9 Å². The lowest BCUT2D eigenvalue weighted by Crippen LogP contribution is -2.11. The van der Waals surface area contributed by atoms with Crippen LogP contribution in [0.25, 0.3) is 22.2 Å². The number of aromatic amines is 1. The summed E-state index contributed by atoms with van der Waals surface area (Å²) in [5.41, 5.74) is 4.61. The van der Waals surface area contributed by atoms with Crippen molar-refractivity contribution in [2.24, 2.45) is 0 Å². The van der Waals surface area contributed by atoms with Crippen molar-refractivity contribution in [1.29, 1.82) is 0 Å². The molecular formula is C17H14BrNO. The lowest BCUT2D eigenvalue weighted by atomic mass is 10.0. The molecule has 0 unspecified atom stereocenters. The Kier molecular flexibility index (Phi) is 3.22. The van der Waals surface area contributed by atoms with Crippen LogP contribution in [0.2, 0.25) is 0 Å². The average Bonchev–Trinajstić information content (AvgIpc) is 2.47. The number of H-pyrrole nitrogens is 1. The number of benzene rings is 2. The minimum Gasteiger partial charge on any atom is -0.353 e. The molecule has 0 aliphatic carbocycles. The van der Waals surface area contributed by atoms with Crippen molar-refractivity contribution in [1.82, 2.24) is 4.98 Å². The highest BCUT2D eigenvalue weighted by atomic mass is 79.9. The first kappa shape index (κ1) is 13.1. The topological polar surface area (TPSA) is 32.9 Å². The third-order valence-electron chi connectivity index (χ3n) is 3.62. The largest absolute Gasteiger partial charge is 0.353 e. The molecule has 1 heterocycles. The number of fused-ring (bicyclic) bond motifs is 1. The number of pyridine rings is 1. The van der Waals surface area contributed by atoms with E-state index in [2.05, 4.69) is 20.9 Å². The van der Waals surface area contributed by atoms with Gasteiger partial charge in [-0.1, -0.05) is 36.4 Å². The fourth-order valence-electron chi connectivity index (χ4n) is 2.51. The smallest absolute Gasteiger partial charge is 0.193 e. The standard InChI is InChI=1S/C17H14BrNO/c1-10-8-9-13(18)16-14(10)17(20)11(2)15(19-16)12-6-4-3-5-7-12/h3-9H,1-2H3,(H,19,20). The van der Waals surface area contributed by atoms with Crippen LogP contribution in [0.1, 0.15) is 11.1 Å². The van der Waals surface area contributed by atoms with Gasteiger partial charge in [0.25, 0.3) is 0 Å². The molecule has 0 amide bonds. The molecule has 0 bridgehead atoms. The minimum absolute atomic E-state index is 0.0939. The van der Waals surface area contributed by atoms with Crippen molar-refractivity contribution in [3.8, 4) is 11.3 Å². The van der Waals surface area contributed by atoms with Gasteiger partial charge >= 0.3 is 0 Å². The van der Waals surface area contributed by atoms with E-state index in [0.717, 1.165) is 37.8 Å². The predicted molar refractivity (Wildman–Crippen MR) is 87.2 cm³/mol. The van der Waals surface area contributed by atoms with Crippen LogP contribution < -0.4 is 5.43 Å². The van der Waals surface area contributed by atoms with E-state index in [0.29, 0.717) is 0 Å². The van der Waals surface area contributed by atoms with Gasteiger partial charge in [-0.2, -0.15) is 0 Å². The summed E-state index contributed by atoms with van der Waals surface area (Å²) in [6.45, 7) is 3.84. The summed E-state index contributed by atoms with van der Waals surface area (Å²) in [5.74, 6) is 0. The van der Waals surface area contributed by atoms with Gasteiger partial charge in [0.2, 0.25) is 0 Å². The minimum atomic E-state index is 0.0939. The molecular weight excluding hydrogens is 314 g/mol. The van der Waals surface area contributed by atoms with E-state index in [1.165, 1.54) is 0 Å². The van der Waals surface area contributed by atoms with Gasteiger partial charge in [-0.3, -0.25) is 4.79 Å². The fourth-order valence-corrected chi connectivity index (χ4v) is 2.94. The molecule has 2 aromatic carbocycles. The summed E-state index contributed by atoms with van der Waals surface area (Å²) in [5, 5.41) is 0.761. The summed E-state index contributed by atoms with van der Waals surface area (Å²) < 4.78 is 0.910. The predicted octanol–water partition coefficient (Wildman–Crippen LogP) is 4.57. The van der Waals surface area contributed by atoms with Crippen LogP contribution in [-0.4, -0.2) is 4.98 Å². The second kappa shape index (κ2) is 4.91. The Morgan fingerprint density at radius 1 is 1.00 bits per heavy atom. The Labute approximate surface area is 125 Å². The second-order valence-electron chi connectivity index (χ2n) is 4.93. The maximum atomic E-state index is 12.7. The highest BCUT2D eigenvalue weighted by molar-refractivity contribution is 9.10. The number of hydrogen-bond acceptors (Lipinski definition) is 1. The molecule has 3 heteroatoms. The zero-order chi connectivity index (χ0) is 14.3. The summed E-state index contributed by atoms with van der Waals surface area (Å²) in [7, 11) is 0. The van der Waals surface area contributed by atoms with Gasteiger partial charge in [-0.15, -0.1) is 0 Å². The van der Waals surface area contributed by atoms with Crippen molar-refractivity contribution >= 4 is 26.8 Å². The maximum absolute atomic E-state index is 12.7. The third-order valence-corrected chi connectivity index (χ3v) is 4.28. The normalized spacial score (nSPS) is 10.9. The van der Waals surface area contributed by atoms with E-state index in [9.17, 15) is 4.79 Å². The quantitative estimate of drug-likeness (QED) is 0.697. The summed E-state index contributed by atoms with van der Waals surface area (Å²) in [4.78, 5) is 16.1. The van der Waals surface area contributed by atoms with Gasteiger partial charge in [0.15, 0.2) is 5.43 Å². The van der Waals surface area contributed by atoms with E-state index in [-0.39, 0.29) is 5.43 Å². The molecule has 1 aromatic heterocycles. The number of nitrogens with one attached hydrogen (secondary N) is 1. The van der Waals surface area contributed by atoms with Crippen LogP contribution in [0, 0.1) is 13.8 Å². The molecule has 0 fully saturated rings. The molecule has 0 atom stereocenters. The van der Waals surface area contributed by atoms with Crippen LogP contribution in [0.4, 0.5) is 0 Å². The Morgan fingerprint density at radius 2 is 1.70 bits per heavy atom. The molecule has 0 aliphatic rings. The number of halogens is 1. The zero-order valence-electron chi connectivity index (χ0n) is 11.3. The molecule has 0 aliphatic heterocycles. The Morgan fingerprint density at radius 3 is 2.40 bits per heavy atom. The van der Waals surface area contributed by atoms with Crippen LogP contribution in [-0.2, 0) is 0 Å². The van der Waals surface area contributed by atoms with Gasteiger partial charge in [0, 0.05) is 15.4 Å². The van der Waals surface area contributed by atoms with Crippen molar-refractivity contribution in [2.45, 2.75) is 13.8 Å². The number of aromatic nitrogens is 1. The van der Waals surface area contributed by atoms with E-state index in [1.54, 1.807) is 0 Å². The molecule has 0 saturated heterocycles. The molecule has 20 heavy (non-hydrogen) atoms. The fraction of sp³-hybridized carbons (Fsp3) is 0.118. The average molecular weight is 328 g/mol. The highest BCUT2D eigenvalue weighted by Crippen LogP contribution is 2.27. The number of aryl methyl sites for hydroxylation is 1. The van der Waals surface area contributed by atoms with E-state index in [4.69, 9.17) is 0 Å². The Hall–Kier alpha value is -1.87. The molecule has 100 valence electrons. The third kappa shape index (κ3) is 1.98. The SMILES string of the molecule is Cc1c(-c2ccccc2)[nH]c2c(Br)ccc(C)c2c1=O. The van der Waals surface area contributed by atoms with Crippen LogP contribution in [0.3, 0.4) is 0 Å². The second-order valence-corrected chi connectivity index (χ2v) is 5.79. The Bertz CT molecular complexity index is 850. The van der Waals surface area contributed by atoms with Crippen molar-refractivity contribution in [2.75, 3.05) is 0 Å². The van der Waals surface area contributed by atoms with E-state index in [1.807, 2.05) is 56.3 Å². The molecule has 2 nitrogen and oxygen atoms in total. The molecule has 3 aromatic rings. The van der Waals surface area contributed by atoms with Crippen molar-refractivity contribution in [3.05, 3.63) is 68.3 Å². The van der Waals surface area contributed by atoms with Gasteiger partial charge in [0.1, 0.15) is 0 Å². The van der Waals surface area contributed by atoms with Gasteiger partial charge in [-0.25, -0.2) is 0 Å². The molecule has 1 N–H and O–H groups in total. The lowest BCUT2D eigenvalue weighted by molar-refractivity contribution is 1.28. The van der Waals surface area contributed by atoms with E-state index >= 15 is 0 Å². The molecule has 0 saturated carbocycles. The van der Waals surface area contributed by atoms with E-state index < -0.39 is 0 Å². The maximum Gasteiger partial charge on any atom is 0.193 e. The monoisotopic (exact) mass is 327 g/mol. The first-order chi connectivity index (χ1) is 9.59. The molecule has 3 rings (SSSR count). The highest BCUT2D eigenvalue weighted by Gasteiger charge is 2.13. The first-order valence-corrected chi connectivity index (χ1v) is 7.26. The number of hydrogen-bond donors (Lipinski definition) is 1. The molecule has 0 radical (unpaired) electrons. The summed E-state index contributed by atoms with van der Waals surface area (Å²) in [6, 6.07) is 13.9. The first-order valence-electron chi connectivity index (χ1n) is 6.46. The molecule has 0 spiro atoms.